The van der Waals surface area contributed by atoms with Gasteiger partial charge < -0.3 is 18.9 Å². The summed E-state index contributed by atoms with van der Waals surface area (Å²) < 4.78 is 52.8. The number of fused-ring (bicyclic) bond motifs is 1. The van der Waals surface area contributed by atoms with Gasteiger partial charge in [-0.2, -0.15) is 4.98 Å². The number of aryl methyl sites for hydroxylation is 1. The summed E-state index contributed by atoms with van der Waals surface area (Å²) in [6.45, 7) is 1.69. The molecule has 1 N–H and O–H groups in total. The van der Waals surface area contributed by atoms with Crippen LogP contribution in [0.25, 0.3) is 11.5 Å². The lowest BCUT2D eigenvalue weighted by atomic mass is 10.0. The molecule has 0 amide bonds. The highest BCUT2D eigenvalue weighted by Crippen LogP contribution is 2.38. The van der Waals surface area contributed by atoms with Gasteiger partial charge in [-0.05, 0) is 30.7 Å². The van der Waals surface area contributed by atoms with E-state index in [9.17, 15) is 22.8 Å². The van der Waals surface area contributed by atoms with Gasteiger partial charge in [-0.3, -0.25) is 0 Å². The molecule has 10 heteroatoms. The third-order valence-corrected chi connectivity index (χ3v) is 4.31. The molecule has 0 saturated heterocycles. The first kappa shape index (κ1) is 18.8. The third-order valence-electron chi connectivity index (χ3n) is 4.31. The zero-order valence-corrected chi connectivity index (χ0v) is 14.9. The molecule has 1 atom stereocenters. The van der Waals surface area contributed by atoms with Crippen molar-refractivity contribution in [2.45, 2.75) is 25.8 Å². The van der Waals surface area contributed by atoms with E-state index in [-0.39, 0.29) is 34.7 Å². The molecule has 0 bridgehead atoms. The SMILES string of the molecule is Cc1ccc(-c2nc(=O)[nH]c3c2C(=O)OC3Cc2ccccc2OC(F)(F)F)o1. The van der Waals surface area contributed by atoms with E-state index in [2.05, 4.69) is 14.7 Å². The highest BCUT2D eigenvalue weighted by atomic mass is 19.4. The van der Waals surface area contributed by atoms with Gasteiger partial charge in [0.15, 0.2) is 5.76 Å². The molecule has 0 radical (unpaired) electrons. The third kappa shape index (κ3) is 3.73. The quantitative estimate of drug-likeness (QED) is 0.664. The van der Waals surface area contributed by atoms with Crippen molar-refractivity contribution in [3.05, 3.63) is 69.5 Å². The highest BCUT2D eigenvalue weighted by molar-refractivity contribution is 5.99. The number of carbonyl (C=O) groups excluding carboxylic acids is 1. The van der Waals surface area contributed by atoms with Crippen molar-refractivity contribution in [2.75, 3.05) is 0 Å². The molecule has 1 aromatic carbocycles. The van der Waals surface area contributed by atoms with Gasteiger partial charge in [-0.25, -0.2) is 9.59 Å². The van der Waals surface area contributed by atoms with Crippen LogP contribution in [-0.4, -0.2) is 22.3 Å². The second kappa shape index (κ2) is 6.80. The first-order chi connectivity index (χ1) is 13.7. The molecule has 3 heterocycles. The van der Waals surface area contributed by atoms with Crippen LogP contribution in [0.1, 0.15) is 33.5 Å². The van der Waals surface area contributed by atoms with Crippen LogP contribution in [0.15, 0.2) is 45.6 Å². The summed E-state index contributed by atoms with van der Waals surface area (Å²) in [5, 5.41) is 0. The van der Waals surface area contributed by atoms with Crippen molar-refractivity contribution < 1.29 is 31.9 Å². The molecule has 0 aliphatic carbocycles. The fourth-order valence-corrected chi connectivity index (χ4v) is 3.17. The minimum Gasteiger partial charge on any atom is -0.460 e. The average Bonchev–Trinajstić information content (AvgIpc) is 3.19. The molecule has 0 saturated carbocycles. The van der Waals surface area contributed by atoms with Crippen molar-refractivity contribution >= 4 is 5.97 Å². The Balaban J connectivity index is 1.74. The fraction of sp³-hybridized carbons (Fsp3) is 0.211. The van der Waals surface area contributed by atoms with Gasteiger partial charge in [-0.15, -0.1) is 13.2 Å². The van der Waals surface area contributed by atoms with E-state index in [1.54, 1.807) is 19.1 Å². The van der Waals surface area contributed by atoms with Gasteiger partial charge >= 0.3 is 18.0 Å². The van der Waals surface area contributed by atoms with Gasteiger partial charge in [0.1, 0.15) is 28.9 Å². The summed E-state index contributed by atoms with van der Waals surface area (Å²) in [7, 11) is 0. The number of carbonyl (C=O) groups is 1. The number of para-hydroxylation sites is 1. The minimum atomic E-state index is -4.87. The molecule has 0 fully saturated rings. The second-order valence-corrected chi connectivity index (χ2v) is 6.34. The molecule has 4 rings (SSSR count). The van der Waals surface area contributed by atoms with E-state index in [0.29, 0.717) is 5.76 Å². The van der Waals surface area contributed by atoms with Crippen LogP contribution >= 0.6 is 0 Å². The Bertz CT molecular complexity index is 1150. The number of cyclic esters (lactones) is 1. The molecule has 7 nitrogen and oxygen atoms in total. The largest absolute Gasteiger partial charge is 0.573 e. The summed E-state index contributed by atoms with van der Waals surface area (Å²) in [5.74, 6) is -0.407. The van der Waals surface area contributed by atoms with E-state index >= 15 is 0 Å². The number of nitrogens with one attached hydrogen (secondary N) is 1. The summed E-state index contributed by atoms with van der Waals surface area (Å²) in [6, 6.07) is 8.71. The van der Waals surface area contributed by atoms with Crippen LogP contribution < -0.4 is 10.4 Å². The van der Waals surface area contributed by atoms with Crippen molar-refractivity contribution in [1.29, 1.82) is 0 Å². The molecule has 150 valence electrons. The molecule has 29 heavy (non-hydrogen) atoms. The summed E-state index contributed by atoms with van der Waals surface area (Å²) in [5.41, 5.74) is -0.428. The molecule has 3 aromatic rings. The van der Waals surface area contributed by atoms with Crippen LogP contribution in [0.2, 0.25) is 0 Å². The summed E-state index contributed by atoms with van der Waals surface area (Å²) >= 11 is 0. The Morgan fingerprint density at radius 2 is 1.93 bits per heavy atom. The van der Waals surface area contributed by atoms with E-state index < -0.39 is 29.9 Å². The predicted octanol–water partition coefficient (Wildman–Crippen LogP) is 3.69. The maximum atomic E-state index is 12.7. The van der Waals surface area contributed by atoms with Crippen molar-refractivity contribution in [3.63, 3.8) is 0 Å². The number of rotatable bonds is 4. The van der Waals surface area contributed by atoms with Crippen molar-refractivity contribution in [3.8, 4) is 17.2 Å². The van der Waals surface area contributed by atoms with Crippen LogP contribution in [-0.2, 0) is 11.2 Å². The number of H-pyrrole nitrogens is 1. The molecule has 1 aliphatic rings. The summed E-state index contributed by atoms with van der Waals surface area (Å²) in [4.78, 5) is 30.8. The van der Waals surface area contributed by atoms with Crippen LogP contribution in [0.5, 0.6) is 5.75 Å². The molecular formula is C19H13F3N2O5. The van der Waals surface area contributed by atoms with E-state index in [4.69, 9.17) is 9.15 Å². The first-order valence-electron chi connectivity index (χ1n) is 8.47. The minimum absolute atomic E-state index is 0.0122. The number of hydrogen-bond acceptors (Lipinski definition) is 6. The molecule has 1 unspecified atom stereocenters. The highest BCUT2D eigenvalue weighted by Gasteiger charge is 2.38. The van der Waals surface area contributed by atoms with Gasteiger partial charge in [0, 0.05) is 6.42 Å². The predicted molar refractivity (Wildman–Crippen MR) is 92.3 cm³/mol. The van der Waals surface area contributed by atoms with Gasteiger partial charge in [0.25, 0.3) is 0 Å². The van der Waals surface area contributed by atoms with Gasteiger partial charge in [-0.1, -0.05) is 18.2 Å². The number of alkyl halides is 3. The number of nitrogens with zero attached hydrogens (tertiary/aromatic N) is 1. The number of ether oxygens (including phenoxy) is 2. The lowest BCUT2D eigenvalue weighted by molar-refractivity contribution is -0.275. The number of halogens is 3. The van der Waals surface area contributed by atoms with Crippen LogP contribution in [0.4, 0.5) is 13.2 Å². The van der Waals surface area contributed by atoms with Crippen molar-refractivity contribution in [2.24, 2.45) is 0 Å². The summed E-state index contributed by atoms with van der Waals surface area (Å²) in [6.07, 6.45) is -6.02. The Kier molecular flexibility index (Phi) is 4.40. The normalized spacial score (nSPS) is 15.9. The van der Waals surface area contributed by atoms with Crippen molar-refractivity contribution in [1.82, 2.24) is 9.97 Å². The molecule has 2 aromatic heterocycles. The maximum absolute atomic E-state index is 12.7. The standard InChI is InChI=1S/C19H13F3N2O5/c1-9-6-7-12(27-9)15-14-16(24-18(26)23-15)13(28-17(14)25)8-10-4-2-3-5-11(10)29-19(20,21)22/h2-7,13H,8H2,1H3,(H,23,24,26). The smallest absolute Gasteiger partial charge is 0.460 e. The fourth-order valence-electron chi connectivity index (χ4n) is 3.17. The lowest BCUT2D eigenvalue weighted by Gasteiger charge is -2.15. The zero-order chi connectivity index (χ0) is 20.8. The second-order valence-electron chi connectivity index (χ2n) is 6.34. The lowest BCUT2D eigenvalue weighted by Crippen LogP contribution is -2.19. The van der Waals surface area contributed by atoms with E-state index in [0.717, 1.165) is 6.07 Å². The number of aromatic amines is 1. The first-order valence-corrected chi connectivity index (χ1v) is 8.47. The molecule has 0 spiro atoms. The number of aromatic nitrogens is 2. The van der Waals surface area contributed by atoms with Crippen LogP contribution in [0, 0.1) is 6.92 Å². The Hall–Kier alpha value is -3.56. The zero-order valence-electron chi connectivity index (χ0n) is 14.9. The monoisotopic (exact) mass is 406 g/mol. The van der Waals surface area contributed by atoms with E-state index in [1.165, 1.54) is 18.2 Å². The Labute approximate surface area is 161 Å². The Morgan fingerprint density at radius 1 is 1.17 bits per heavy atom. The number of hydrogen-bond donors (Lipinski definition) is 1. The maximum Gasteiger partial charge on any atom is 0.573 e. The number of furan rings is 1. The van der Waals surface area contributed by atoms with Gasteiger partial charge in [0.2, 0.25) is 0 Å². The Morgan fingerprint density at radius 3 is 2.62 bits per heavy atom. The van der Waals surface area contributed by atoms with E-state index in [1.807, 2.05) is 0 Å². The molecular weight excluding hydrogens is 393 g/mol. The average molecular weight is 406 g/mol. The van der Waals surface area contributed by atoms with Crippen LogP contribution in [0.3, 0.4) is 0 Å². The van der Waals surface area contributed by atoms with Gasteiger partial charge in [0.05, 0.1) is 5.69 Å². The topological polar surface area (TPSA) is 94.4 Å². The number of esters is 1. The number of benzene rings is 1. The molecule has 1 aliphatic heterocycles.